The van der Waals surface area contributed by atoms with Crippen LogP contribution >= 0.6 is 0 Å². The molecule has 0 aliphatic carbocycles. The van der Waals surface area contributed by atoms with Crippen LogP contribution in [0.25, 0.3) is 0 Å². The number of hydrogen-bond acceptors (Lipinski definition) is 3. The van der Waals surface area contributed by atoms with Crippen molar-refractivity contribution >= 4 is 0 Å². The van der Waals surface area contributed by atoms with E-state index in [1.807, 2.05) is 6.07 Å². The van der Waals surface area contributed by atoms with Crippen molar-refractivity contribution in [3.63, 3.8) is 0 Å². The third-order valence-corrected chi connectivity index (χ3v) is 2.03. The molecule has 62 valence electrons. The fourth-order valence-electron chi connectivity index (χ4n) is 1.43. The lowest BCUT2D eigenvalue weighted by Crippen LogP contribution is -2.35. The van der Waals surface area contributed by atoms with E-state index in [4.69, 9.17) is 10.4 Å². The molecule has 1 rings (SSSR count). The van der Waals surface area contributed by atoms with Crippen LogP contribution in [0.15, 0.2) is 0 Å². The Morgan fingerprint density at radius 2 is 2.00 bits per heavy atom. The summed E-state index contributed by atoms with van der Waals surface area (Å²) < 4.78 is 0. The molecule has 1 aliphatic rings. The average molecular weight is 154 g/mol. The first-order valence-electron chi connectivity index (χ1n) is 4.13. The van der Waals surface area contributed by atoms with Crippen molar-refractivity contribution in [2.75, 3.05) is 19.6 Å². The lowest BCUT2D eigenvalue weighted by molar-refractivity contribution is 0.136. The summed E-state index contributed by atoms with van der Waals surface area (Å²) in [7, 11) is 0. The minimum atomic E-state index is -0.798. The van der Waals surface area contributed by atoms with Crippen LogP contribution in [-0.4, -0.2) is 35.7 Å². The third kappa shape index (κ3) is 2.87. The van der Waals surface area contributed by atoms with Crippen LogP contribution in [0.5, 0.6) is 0 Å². The van der Waals surface area contributed by atoms with Crippen molar-refractivity contribution in [2.24, 2.45) is 0 Å². The zero-order valence-electron chi connectivity index (χ0n) is 6.66. The van der Waals surface area contributed by atoms with Gasteiger partial charge in [0.05, 0.1) is 6.07 Å². The van der Waals surface area contributed by atoms with Crippen molar-refractivity contribution < 1.29 is 5.11 Å². The van der Waals surface area contributed by atoms with E-state index < -0.39 is 6.10 Å². The SMILES string of the molecule is N#CC(O)CN1CCCCC1. The summed E-state index contributed by atoms with van der Waals surface area (Å²) >= 11 is 0. The first-order valence-corrected chi connectivity index (χ1v) is 4.13. The molecule has 1 heterocycles. The van der Waals surface area contributed by atoms with Crippen LogP contribution in [0.1, 0.15) is 19.3 Å². The molecular formula is C8H14N2O. The number of rotatable bonds is 2. The summed E-state index contributed by atoms with van der Waals surface area (Å²) in [6.45, 7) is 2.61. The number of nitriles is 1. The van der Waals surface area contributed by atoms with Crippen molar-refractivity contribution in [3.05, 3.63) is 0 Å². The van der Waals surface area contributed by atoms with Crippen LogP contribution in [0.4, 0.5) is 0 Å². The van der Waals surface area contributed by atoms with Gasteiger partial charge in [0, 0.05) is 6.54 Å². The molecule has 11 heavy (non-hydrogen) atoms. The molecular weight excluding hydrogens is 140 g/mol. The molecule has 0 aromatic heterocycles. The number of aliphatic hydroxyl groups excluding tert-OH is 1. The zero-order valence-corrected chi connectivity index (χ0v) is 6.66. The van der Waals surface area contributed by atoms with E-state index in [2.05, 4.69) is 4.90 Å². The number of hydrogen-bond donors (Lipinski definition) is 1. The predicted molar refractivity (Wildman–Crippen MR) is 41.9 cm³/mol. The first kappa shape index (κ1) is 8.51. The minimum absolute atomic E-state index is 0.524. The van der Waals surface area contributed by atoms with Gasteiger partial charge in [0.1, 0.15) is 0 Å². The Bertz CT molecular complexity index is 147. The van der Waals surface area contributed by atoms with Gasteiger partial charge in [0.2, 0.25) is 0 Å². The summed E-state index contributed by atoms with van der Waals surface area (Å²) in [5.74, 6) is 0. The Hall–Kier alpha value is -0.590. The van der Waals surface area contributed by atoms with Gasteiger partial charge in [-0.1, -0.05) is 6.42 Å². The van der Waals surface area contributed by atoms with Crippen molar-refractivity contribution in [1.82, 2.24) is 4.90 Å². The molecule has 0 radical (unpaired) electrons. The standard InChI is InChI=1S/C8H14N2O/c9-6-8(11)7-10-4-2-1-3-5-10/h8,11H,1-5,7H2. The van der Waals surface area contributed by atoms with Gasteiger partial charge in [0.15, 0.2) is 6.10 Å². The van der Waals surface area contributed by atoms with Crippen molar-refractivity contribution in [1.29, 1.82) is 5.26 Å². The van der Waals surface area contributed by atoms with Gasteiger partial charge in [-0.15, -0.1) is 0 Å². The number of piperidine rings is 1. The Morgan fingerprint density at radius 1 is 1.36 bits per heavy atom. The Morgan fingerprint density at radius 3 is 2.55 bits per heavy atom. The van der Waals surface area contributed by atoms with Crippen LogP contribution in [0.3, 0.4) is 0 Å². The highest BCUT2D eigenvalue weighted by Crippen LogP contribution is 2.08. The average Bonchev–Trinajstić information content (AvgIpc) is 2.06. The summed E-state index contributed by atoms with van der Waals surface area (Å²) in [6, 6.07) is 1.83. The van der Waals surface area contributed by atoms with E-state index in [1.165, 1.54) is 19.3 Å². The van der Waals surface area contributed by atoms with Gasteiger partial charge in [-0.2, -0.15) is 5.26 Å². The zero-order chi connectivity index (χ0) is 8.10. The normalized spacial score (nSPS) is 22.5. The highest BCUT2D eigenvalue weighted by atomic mass is 16.3. The van der Waals surface area contributed by atoms with Gasteiger partial charge in [-0.25, -0.2) is 0 Å². The fraction of sp³-hybridized carbons (Fsp3) is 0.875. The van der Waals surface area contributed by atoms with Crippen molar-refractivity contribution in [2.45, 2.75) is 25.4 Å². The van der Waals surface area contributed by atoms with E-state index in [0.29, 0.717) is 6.54 Å². The fourth-order valence-corrected chi connectivity index (χ4v) is 1.43. The quantitative estimate of drug-likeness (QED) is 0.584. The molecule has 1 fully saturated rings. The molecule has 1 N–H and O–H groups in total. The summed E-state index contributed by atoms with van der Waals surface area (Å²) in [4.78, 5) is 2.15. The first-order chi connectivity index (χ1) is 5.33. The van der Waals surface area contributed by atoms with E-state index in [0.717, 1.165) is 13.1 Å². The Balaban J connectivity index is 2.20. The maximum absolute atomic E-state index is 9.01. The maximum Gasteiger partial charge on any atom is 0.153 e. The molecule has 3 nitrogen and oxygen atoms in total. The van der Waals surface area contributed by atoms with Crippen LogP contribution in [-0.2, 0) is 0 Å². The highest BCUT2D eigenvalue weighted by molar-refractivity contribution is 4.85. The summed E-state index contributed by atoms with van der Waals surface area (Å²) in [6.07, 6.45) is 2.91. The van der Waals surface area contributed by atoms with Gasteiger partial charge in [0.25, 0.3) is 0 Å². The predicted octanol–water partition coefficient (Wildman–Crippen LogP) is 0.357. The van der Waals surface area contributed by atoms with Crippen LogP contribution in [0, 0.1) is 11.3 Å². The highest BCUT2D eigenvalue weighted by Gasteiger charge is 2.13. The van der Waals surface area contributed by atoms with Crippen molar-refractivity contribution in [3.8, 4) is 6.07 Å². The molecule has 1 aliphatic heterocycles. The topological polar surface area (TPSA) is 47.3 Å². The number of nitrogens with zero attached hydrogens (tertiary/aromatic N) is 2. The Labute approximate surface area is 67.2 Å². The van der Waals surface area contributed by atoms with E-state index in [9.17, 15) is 0 Å². The molecule has 0 saturated carbocycles. The molecule has 1 saturated heterocycles. The molecule has 0 spiro atoms. The monoisotopic (exact) mass is 154 g/mol. The second-order valence-corrected chi connectivity index (χ2v) is 3.01. The molecule has 0 aromatic rings. The maximum atomic E-state index is 9.01. The Kier molecular flexibility index (Phi) is 3.34. The molecule has 0 amide bonds. The largest absolute Gasteiger partial charge is 0.377 e. The molecule has 0 aromatic carbocycles. The van der Waals surface area contributed by atoms with E-state index in [1.54, 1.807) is 0 Å². The number of β-amino-alcohol motifs (C(OH)–C–C–N with tert-alkyl or cyclic N) is 1. The van der Waals surface area contributed by atoms with Gasteiger partial charge < -0.3 is 5.11 Å². The summed E-state index contributed by atoms with van der Waals surface area (Å²) in [5.41, 5.74) is 0. The third-order valence-electron chi connectivity index (χ3n) is 2.03. The van der Waals surface area contributed by atoms with Gasteiger partial charge >= 0.3 is 0 Å². The van der Waals surface area contributed by atoms with E-state index >= 15 is 0 Å². The summed E-state index contributed by atoms with van der Waals surface area (Å²) in [5, 5.41) is 17.3. The smallest absolute Gasteiger partial charge is 0.153 e. The minimum Gasteiger partial charge on any atom is -0.377 e. The number of likely N-dealkylation sites (tertiary alicyclic amines) is 1. The molecule has 0 bridgehead atoms. The number of aliphatic hydroxyl groups is 1. The molecule has 3 heteroatoms. The van der Waals surface area contributed by atoms with Gasteiger partial charge in [-0.05, 0) is 25.9 Å². The second kappa shape index (κ2) is 4.32. The van der Waals surface area contributed by atoms with Crippen LogP contribution < -0.4 is 0 Å². The van der Waals surface area contributed by atoms with E-state index in [-0.39, 0.29) is 0 Å². The lowest BCUT2D eigenvalue weighted by atomic mass is 10.1. The second-order valence-electron chi connectivity index (χ2n) is 3.01. The van der Waals surface area contributed by atoms with Gasteiger partial charge in [-0.3, -0.25) is 4.90 Å². The van der Waals surface area contributed by atoms with Crippen LogP contribution in [0.2, 0.25) is 0 Å². The lowest BCUT2D eigenvalue weighted by Gasteiger charge is -2.26. The molecule has 1 unspecified atom stereocenters. The molecule has 1 atom stereocenters.